The van der Waals surface area contributed by atoms with Gasteiger partial charge in [-0.25, -0.2) is 0 Å². The van der Waals surface area contributed by atoms with Crippen molar-refractivity contribution < 1.29 is 4.79 Å². The first-order valence-corrected chi connectivity index (χ1v) is 7.86. The predicted octanol–water partition coefficient (Wildman–Crippen LogP) is 5.70. The molecule has 1 unspecified atom stereocenters. The van der Waals surface area contributed by atoms with E-state index >= 15 is 0 Å². The minimum Gasteiger partial charge on any atom is -0.291 e. The minimum absolute atomic E-state index is 0.0564. The van der Waals surface area contributed by atoms with Crippen molar-refractivity contribution in [3.8, 4) is 0 Å². The standard InChI is InChI=1S/C21H18N2O/c1-16-10-8-9-15-19(16)22-23-20(17-11-4-2-5-12-17)21(24)18-13-6-3-7-14-18/h2-15,20H,1H3. The molecule has 3 heteroatoms. The van der Waals surface area contributed by atoms with E-state index in [2.05, 4.69) is 10.2 Å². The number of carbonyl (C=O) groups excluding carboxylic acids is 1. The van der Waals surface area contributed by atoms with Gasteiger partial charge in [0.1, 0.15) is 0 Å². The second-order valence-corrected chi connectivity index (χ2v) is 5.55. The summed E-state index contributed by atoms with van der Waals surface area (Å²) in [5.41, 5.74) is 3.28. The highest BCUT2D eigenvalue weighted by molar-refractivity contribution is 6.00. The fraction of sp³-hybridized carbons (Fsp3) is 0.0952. The fourth-order valence-corrected chi connectivity index (χ4v) is 2.46. The van der Waals surface area contributed by atoms with Gasteiger partial charge < -0.3 is 0 Å². The lowest BCUT2D eigenvalue weighted by molar-refractivity contribution is 0.0959. The monoisotopic (exact) mass is 314 g/mol. The summed E-state index contributed by atoms with van der Waals surface area (Å²) in [6, 6.07) is 25.9. The van der Waals surface area contributed by atoms with Gasteiger partial charge in [-0.1, -0.05) is 78.9 Å². The maximum atomic E-state index is 12.9. The molecule has 0 radical (unpaired) electrons. The van der Waals surface area contributed by atoms with Crippen molar-refractivity contribution in [1.82, 2.24) is 0 Å². The third-order valence-corrected chi connectivity index (χ3v) is 3.82. The number of aryl methyl sites for hydroxylation is 1. The molecule has 0 aliphatic rings. The van der Waals surface area contributed by atoms with E-state index in [1.165, 1.54) is 0 Å². The van der Waals surface area contributed by atoms with Gasteiger partial charge in [0.25, 0.3) is 0 Å². The van der Waals surface area contributed by atoms with Crippen molar-refractivity contribution in [3.63, 3.8) is 0 Å². The third-order valence-electron chi connectivity index (χ3n) is 3.82. The molecule has 0 aromatic heterocycles. The molecule has 0 aliphatic heterocycles. The van der Waals surface area contributed by atoms with Crippen molar-refractivity contribution in [2.45, 2.75) is 13.0 Å². The molecule has 0 bridgehead atoms. The van der Waals surface area contributed by atoms with Crippen LogP contribution in [0.3, 0.4) is 0 Å². The van der Waals surface area contributed by atoms with E-state index in [1.54, 1.807) is 0 Å². The van der Waals surface area contributed by atoms with Crippen LogP contribution in [0.25, 0.3) is 0 Å². The van der Waals surface area contributed by atoms with E-state index in [-0.39, 0.29) is 5.78 Å². The molecular formula is C21H18N2O. The molecule has 0 fully saturated rings. The molecule has 3 nitrogen and oxygen atoms in total. The highest BCUT2D eigenvalue weighted by atomic mass is 16.1. The Morgan fingerprint density at radius 1 is 0.792 bits per heavy atom. The van der Waals surface area contributed by atoms with E-state index in [0.29, 0.717) is 5.56 Å². The van der Waals surface area contributed by atoms with Crippen LogP contribution in [0.1, 0.15) is 27.5 Å². The normalized spacial score (nSPS) is 12.2. The zero-order valence-electron chi connectivity index (χ0n) is 13.5. The molecule has 0 aliphatic carbocycles. The van der Waals surface area contributed by atoms with E-state index in [9.17, 15) is 4.79 Å². The van der Waals surface area contributed by atoms with Crippen LogP contribution in [0.5, 0.6) is 0 Å². The van der Waals surface area contributed by atoms with Crippen LogP contribution < -0.4 is 0 Å². The molecule has 3 aromatic rings. The molecule has 0 amide bonds. The van der Waals surface area contributed by atoms with E-state index in [1.807, 2.05) is 91.9 Å². The molecule has 3 aromatic carbocycles. The maximum Gasteiger partial charge on any atom is 0.193 e. The number of hydrogen-bond acceptors (Lipinski definition) is 3. The zero-order chi connectivity index (χ0) is 16.8. The van der Waals surface area contributed by atoms with Crippen LogP contribution in [-0.2, 0) is 0 Å². The van der Waals surface area contributed by atoms with Gasteiger partial charge in [0, 0.05) is 5.56 Å². The van der Waals surface area contributed by atoms with Gasteiger partial charge in [-0.15, -0.1) is 0 Å². The summed E-state index contributed by atoms with van der Waals surface area (Å²) in [6.45, 7) is 1.98. The Hall–Kier alpha value is -3.07. The number of nitrogens with zero attached hydrogens (tertiary/aromatic N) is 2. The SMILES string of the molecule is Cc1ccccc1N=NC(C(=O)c1ccccc1)c1ccccc1. The molecule has 0 spiro atoms. The topological polar surface area (TPSA) is 41.8 Å². The average molecular weight is 314 g/mol. The second kappa shape index (κ2) is 7.47. The predicted molar refractivity (Wildman–Crippen MR) is 95.7 cm³/mol. The van der Waals surface area contributed by atoms with Crippen molar-refractivity contribution in [2.75, 3.05) is 0 Å². The van der Waals surface area contributed by atoms with E-state index < -0.39 is 6.04 Å². The van der Waals surface area contributed by atoms with Gasteiger partial charge in [0.15, 0.2) is 11.8 Å². The van der Waals surface area contributed by atoms with Gasteiger partial charge in [0.2, 0.25) is 0 Å². The lowest BCUT2D eigenvalue weighted by atomic mass is 9.98. The number of rotatable bonds is 5. The molecule has 1 atom stereocenters. The minimum atomic E-state index is -0.645. The summed E-state index contributed by atoms with van der Waals surface area (Å²) in [6.07, 6.45) is 0. The van der Waals surface area contributed by atoms with Crippen LogP contribution >= 0.6 is 0 Å². The second-order valence-electron chi connectivity index (χ2n) is 5.55. The Labute approximate surface area is 141 Å². The van der Waals surface area contributed by atoms with Gasteiger partial charge in [-0.2, -0.15) is 10.2 Å². The van der Waals surface area contributed by atoms with Crippen LogP contribution in [0, 0.1) is 6.92 Å². The lowest BCUT2D eigenvalue weighted by Crippen LogP contribution is -2.10. The maximum absolute atomic E-state index is 12.9. The van der Waals surface area contributed by atoms with Crippen molar-refractivity contribution in [1.29, 1.82) is 0 Å². The summed E-state index contributed by atoms with van der Waals surface area (Å²) in [5.74, 6) is -0.0564. The Bertz CT molecular complexity index is 842. The molecular weight excluding hydrogens is 296 g/mol. The van der Waals surface area contributed by atoms with Crippen LogP contribution in [0.15, 0.2) is 95.2 Å². The summed E-state index contributed by atoms with van der Waals surface area (Å²) in [5, 5.41) is 8.71. The van der Waals surface area contributed by atoms with Crippen molar-refractivity contribution >= 4 is 11.5 Å². The third kappa shape index (κ3) is 3.63. The molecule has 0 saturated carbocycles. The highest BCUT2D eigenvalue weighted by Gasteiger charge is 2.21. The van der Waals surface area contributed by atoms with Crippen LogP contribution in [0.4, 0.5) is 5.69 Å². The van der Waals surface area contributed by atoms with Crippen LogP contribution in [0.2, 0.25) is 0 Å². The number of azo groups is 1. The first-order chi connectivity index (χ1) is 11.8. The summed E-state index contributed by atoms with van der Waals surface area (Å²) in [4.78, 5) is 12.9. The number of Topliss-reactive ketones (excluding diaryl/α,β-unsaturated/α-hetero) is 1. The van der Waals surface area contributed by atoms with E-state index in [0.717, 1.165) is 16.8 Å². The molecule has 0 heterocycles. The quantitative estimate of drug-likeness (QED) is 0.440. The largest absolute Gasteiger partial charge is 0.291 e. The zero-order valence-corrected chi connectivity index (χ0v) is 13.5. The number of carbonyl (C=O) groups is 1. The lowest BCUT2D eigenvalue weighted by Gasteiger charge is -2.11. The summed E-state index contributed by atoms with van der Waals surface area (Å²) in [7, 11) is 0. The molecule has 0 saturated heterocycles. The average Bonchev–Trinajstić information content (AvgIpc) is 2.65. The first kappa shape index (κ1) is 15.8. The summed E-state index contributed by atoms with van der Waals surface area (Å²) < 4.78 is 0. The Kier molecular flexibility index (Phi) is 4.92. The molecule has 3 rings (SSSR count). The van der Waals surface area contributed by atoms with Crippen LogP contribution in [-0.4, -0.2) is 5.78 Å². The summed E-state index contributed by atoms with van der Waals surface area (Å²) >= 11 is 0. The van der Waals surface area contributed by atoms with Gasteiger partial charge in [-0.3, -0.25) is 4.79 Å². The first-order valence-electron chi connectivity index (χ1n) is 7.86. The highest BCUT2D eigenvalue weighted by Crippen LogP contribution is 2.26. The van der Waals surface area contributed by atoms with Gasteiger partial charge in [0.05, 0.1) is 5.69 Å². The Morgan fingerprint density at radius 3 is 2.04 bits per heavy atom. The number of benzene rings is 3. The fourth-order valence-electron chi connectivity index (χ4n) is 2.46. The molecule has 24 heavy (non-hydrogen) atoms. The Morgan fingerprint density at radius 2 is 1.38 bits per heavy atom. The van der Waals surface area contributed by atoms with Gasteiger partial charge >= 0.3 is 0 Å². The molecule has 0 N–H and O–H groups in total. The number of ketones is 1. The van der Waals surface area contributed by atoms with E-state index in [4.69, 9.17) is 0 Å². The smallest absolute Gasteiger partial charge is 0.193 e. The Balaban J connectivity index is 1.97. The van der Waals surface area contributed by atoms with Crippen molar-refractivity contribution in [3.05, 3.63) is 102 Å². The van der Waals surface area contributed by atoms with Gasteiger partial charge in [-0.05, 0) is 24.1 Å². The molecule has 118 valence electrons. The van der Waals surface area contributed by atoms with Crippen molar-refractivity contribution in [2.24, 2.45) is 10.2 Å². The number of hydrogen-bond donors (Lipinski definition) is 0.